The van der Waals surface area contributed by atoms with Crippen molar-refractivity contribution < 1.29 is 13.9 Å². The zero-order valence-electron chi connectivity index (χ0n) is 14.3. The molecule has 1 aromatic carbocycles. The van der Waals surface area contributed by atoms with Crippen molar-refractivity contribution in [2.24, 2.45) is 5.73 Å². The van der Waals surface area contributed by atoms with Crippen molar-refractivity contribution in [3.05, 3.63) is 29.6 Å². The normalized spacial score (nSPS) is 24.5. The first-order valence-corrected chi connectivity index (χ1v) is 9.11. The van der Waals surface area contributed by atoms with E-state index < -0.39 is 17.8 Å². The lowest BCUT2D eigenvalue weighted by molar-refractivity contribution is -0.129. The van der Waals surface area contributed by atoms with Crippen LogP contribution in [0.3, 0.4) is 0 Å². The third-order valence-electron chi connectivity index (χ3n) is 5.30. The second-order valence-corrected chi connectivity index (χ2v) is 6.97. The summed E-state index contributed by atoms with van der Waals surface area (Å²) in [6.45, 7) is 3.06. The Balaban J connectivity index is 1.91. The average molecular weight is 334 g/mol. The molecule has 1 heterocycles. The highest BCUT2D eigenvalue weighted by atomic mass is 19.1. The van der Waals surface area contributed by atoms with E-state index in [4.69, 9.17) is 10.5 Å². The summed E-state index contributed by atoms with van der Waals surface area (Å²) in [6.07, 6.45) is 6.87. The van der Waals surface area contributed by atoms with Crippen LogP contribution in [0, 0.1) is 5.82 Å². The molecule has 1 saturated carbocycles. The van der Waals surface area contributed by atoms with Crippen molar-refractivity contribution in [2.75, 3.05) is 6.54 Å². The summed E-state index contributed by atoms with van der Waals surface area (Å²) in [5.74, 6) is -0.736. The quantitative estimate of drug-likeness (QED) is 0.900. The Morgan fingerprint density at radius 2 is 2.08 bits per heavy atom. The zero-order valence-corrected chi connectivity index (χ0v) is 14.3. The highest BCUT2D eigenvalue weighted by Crippen LogP contribution is 2.35. The number of ether oxygens (including phenoxy) is 1. The van der Waals surface area contributed by atoms with Gasteiger partial charge in [-0.25, -0.2) is 4.39 Å². The van der Waals surface area contributed by atoms with E-state index in [0.717, 1.165) is 31.4 Å². The lowest BCUT2D eigenvalue weighted by atomic mass is 9.89. The van der Waals surface area contributed by atoms with Gasteiger partial charge in [0, 0.05) is 6.04 Å². The minimum atomic E-state index is -0.789. The van der Waals surface area contributed by atoms with Crippen LogP contribution in [0.5, 0.6) is 5.75 Å². The molecule has 2 unspecified atom stereocenters. The van der Waals surface area contributed by atoms with E-state index in [9.17, 15) is 9.18 Å². The molecule has 0 saturated heterocycles. The third-order valence-corrected chi connectivity index (χ3v) is 5.30. The number of hydrogen-bond donors (Lipinski definition) is 1. The van der Waals surface area contributed by atoms with Gasteiger partial charge in [-0.3, -0.25) is 9.69 Å². The Morgan fingerprint density at radius 3 is 2.75 bits per heavy atom. The van der Waals surface area contributed by atoms with Crippen molar-refractivity contribution in [1.29, 1.82) is 0 Å². The number of carbonyl (C=O) groups excluding carboxylic acids is 1. The van der Waals surface area contributed by atoms with Crippen molar-refractivity contribution >= 4 is 5.91 Å². The van der Waals surface area contributed by atoms with Gasteiger partial charge in [-0.1, -0.05) is 38.3 Å². The fourth-order valence-electron chi connectivity index (χ4n) is 4.21. The van der Waals surface area contributed by atoms with Crippen LogP contribution in [0.25, 0.3) is 0 Å². The van der Waals surface area contributed by atoms with Crippen LogP contribution in [0.1, 0.15) is 51.0 Å². The third kappa shape index (κ3) is 3.41. The Morgan fingerprint density at radius 1 is 1.33 bits per heavy atom. The molecule has 2 aliphatic rings. The summed E-state index contributed by atoms with van der Waals surface area (Å²) in [5, 5.41) is 0. The smallest absolute Gasteiger partial charge is 0.260 e. The molecule has 2 N–H and O–H groups in total. The molecule has 1 aliphatic heterocycles. The maximum absolute atomic E-state index is 14.0. The second-order valence-electron chi connectivity index (χ2n) is 6.97. The molecule has 24 heavy (non-hydrogen) atoms. The van der Waals surface area contributed by atoms with E-state index >= 15 is 0 Å². The van der Waals surface area contributed by atoms with Crippen molar-refractivity contribution in [2.45, 2.75) is 70.1 Å². The maximum Gasteiger partial charge on any atom is 0.260 e. The van der Waals surface area contributed by atoms with E-state index in [1.54, 1.807) is 6.07 Å². The van der Waals surface area contributed by atoms with E-state index in [2.05, 4.69) is 11.8 Å². The molecule has 0 bridgehead atoms. The van der Waals surface area contributed by atoms with Gasteiger partial charge in [0.25, 0.3) is 5.91 Å². The van der Waals surface area contributed by atoms with Crippen LogP contribution in [-0.2, 0) is 11.2 Å². The van der Waals surface area contributed by atoms with Crippen molar-refractivity contribution in [3.63, 3.8) is 0 Å². The minimum absolute atomic E-state index is 0.111. The van der Waals surface area contributed by atoms with Crippen LogP contribution in [0.15, 0.2) is 18.2 Å². The molecule has 1 aromatic rings. The first-order valence-electron chi connectivity index (χ1n) is 9.11. The fourth-order valence-corrected chi connectivity index (χ4v) is 4.21. The lowest BCUT2D eigenvalue weighted by Gasteiger charge is -2.44. The van der Waals surface area contributed by atoms with Crippen molar-refractivity contribution in [1.82, 2.24) is 4.90 Å². The molecule has 2 atom stereocenters. The number of primary amides is 1. The molecule has 0 aromatic heterocycles. The minimum Gasteiger partial charge on any atom is -0.476 e. The summed E-state index contributed by atoms with van der Waals surface area (Å²) in [6, 6.07) is 5.30. The van der Waals surface area contributed by atoms with E-state index in [1.165, 1.54) is 25.3 Å². The van der Waals surface area contributed by atoms with Crippen LogP contribution in [0.4, 0.5) is 4.39 Å². The molecule has 0 radical (unpaired) electrons. The molecule has 1 aliphatic carbocycles. The van der Waals surface area contributed by atoms with Gasteiger partial charge >= 0.3 is 0 Å². The highest BCUT2D eigenvalue weighted by molar-refractivity contribution is 5.80. The van der Waals surface area contributed by atoms with Crippen LogP contribution in [0.2, 0.25) is 0 Å². The Hall–Kier alpha value is -1.62. The first kappa shape index (κ1) is 17.2. The van der Waals surface area contributed by atoms with Gasteiger partial charge < -0.3 is 10.5 Å². The van der Waals surface area contributed by atoms with Crippen molar-refractivity contribution in [3.8, 4) is 5.75 Å². The molecule has 0 spiro atoms. The number of carbonyl (C=O) groups is 1. The summed E-state index contributed by atoms with van der Waals surface area (Å²) >= 11 is 0. The molecule has 1 amide bonds. The standard InChI is InChI=1S/C19H27FN2O2/c1-2-11-22(14-8-4-3-5-9-14)16-12-13-7-6-10-15(20)17(13)24-18(16)19(21)23/h6-7,10,14,16,18H,2-5,8-9,11-12H2,1H3,(H2,21,23). The lowest BCUT2D eigenvalue weighted by Crippen LogP contribution is -2.58. The van der Waals surface area contributed by atoms with Crippen LogP contribution < -0.4 is 10.5 Å². The van der Waals surface area contributed by atoms with E-state index in [0.29, 0.717) is 12.5 Å². The number of nitrogens with zero attached hydrogens (tertiary/aromatic N) is 1. The summed E-state index contributed by atoms with van der Waals surface area (Å²) in [4.78, 5) is 14.4. The molecule has 3 rings (SSSR count). The Bertz CT molecular complexity index is 587. The monoisotopic (exact) mass is 334 g/mol. The first-order chi connectivity index (χ1) is 11.6. The van der Waals surface area contributed by atoms with E-state index in [1.807, 2.05) is 6.07 Å². The topological polar surface area (TPSA) is 55.6 Å². The molecular formula is C19H27FN2O2. The Kier molecular flexibility index (Phi) is 5.39. The van der Waals surface area contributed by atoms with Crippen LogP contribution in [-0.4, -0.2) is 35.5 Å². The molecule has 1 fully saturated rings. The van der Waals surface area contributed by atoms with Gasteiger partial charge in [-0.05, 0) is 43.9 Å². The number of para-hydroxylation sites is 1. The number of hydrogen-bond acceptors (Lipinski definition) is 3. The fraction of sp³-hybridized carbons (Fsp3) is 0.632. The highest BCUT2D eigenvalue weighted by Gasteiger charge is 2.41. The van der Waals surface area contributed by atoms with Gasteiger partial charge in [0.05, 0.1) is 6.04 Å². The SMILES string of the molecule is CCCN(C1CCCCC1)C1Cc2cccc(F)c2OC1C(N)=O. The van der Waals surface area contributed by atoms with E-state index in [-0.39, 0.29) is 11.8 Å². The maximum atomic E-state index is 14.0. The second kappa shape index (κ2) is 7.51. The number of amides is 1. The van der Waals surface area contributed by atoms with Gasteiger partial charge in [0.2, 0.25) is 0 Å². The largest absolute Gasteiger partial charge is 0.476 e. The zero-order chi connectivity index (χ0) is 17.1. The number of rotatable bonds is 5. The number of halogens is 1. The predicted octanol–water partition coefficient (Wildman–Crippen LogP) is 3.03. The Labute approximate surface area is 143 Å². The van der Waals surface area contributed by atoms with Gasteiger partial charge in [-0.15, -0.1) is 0 Å². The number of fused-ring (bicyclic) bond motifs is 1. The predicted molar refractivity (Wildman–Crippen MR) is 91.4 cm³/mol. The van der Waals surface area contributed by atoms with Gasteiger partial charge in [0.1, 0.15) is 0 Å². The summed E-state index contributed by atoms with van der Waals surface area (Å²) < 4.78 is 19.8. The van der Waals surface area contributed by atoms with Gasteiger partial charge in [-0.2, -0.15) is 0 Å². The number of nitrogens with two attached hydrogens (primary N) is 1. The summed E-state index contributed by atoms with van der Waals surface area (Å²) in [7, 11) is 0. The van der Waals surface area contributed by atoms with Gasteiger partial charge in [0.15, 0.2) is 17.7 Å². The average Bonchev–Trinajstić information content (AvgIpc) is 2.59. The molecule has 5 heteroatoms. The van der Waals surface area contributed by atoms with Crippen LogP contribution >= 0.6 is 0 Å². The molecule has 132 valence electrons. The number of benzene rings is 1. The molecule has 4 nitrogen and oxygen atoms in total. The molecular weight excluding hydrogens is 307 g/mol. The summed E-state index contributed by atoms with van der Waals surface area (Å²) in [5.41, 5.74) is 6.44.